The van der Waals surface area contributed by atoms with E-state index in [2.05, 4.69) is 50.3 Å². The Labute approximate surface area is 112 Å². The first kappa shape index (κ1) is 13.0. The lowest BCUT2D eigenvalue weighted by molar-refractivity contribution is 0.232. The third kappa shape index (κ3) is 4.37. The molecule has 0 amide bonds. The van der Waals surface area contributed by atoms with Crippen molar-refractivity contribution >= 4 is 15.9 Å². The monoisotopic (exact) mass is 297 g/mol. The minimum Gasteiger partial charge on any atom is -0.317 e. The Morgan fingerprint density at radius 3 is 2.82 bits per heavy atom. The number of rotatable bonds is 4. The van der Waals surface area contributed by atoms with Gasteiger partial charge in [0.2, 0.25) is 0 Å². The quantitative estimate of drug-likeness (QED) is 0.924. The standard InChI is InChI=1S/C13H20BrN3/c1-17(9-11-4-6-15-7-5-11)10-13-3-2-12(14)8-16-13/h2-3,8,11,15H,4-7,9-10H2,1H3. The molecule has 1 fully saturated rings. The second kappa shape index (κ2) is 6.47. The Morgan fingerprint density at radius 1 is 1.41 bits per heavy atom. The maximum atomic E-state index is 4.41. The van der Waals surface area contributed by atoms with Crippen LogP contribution in [0.2, 0.25) is 0 Å². The van der Waals surface area contributed by atoms with E-state index in [-0.39, 0.29) is 0 Å². The molecule has 0 spiro atoms. The van der Waals surface area contributed by atoms with Gasteiger partial charge >= 0.3 is 0 Å². The molecule has 0 atom stereocenters. The number of hydrogen-bond donors (Lipinski definition) is 1. The van der Waals surface area contributed by atoms with Crippen molar-refractivity contribution in [2.24, 2.45) is 5.92 Å². The highest BCUT2D eigenvalue weighted by Gasteiger charge is 2.15. The van der Waals surface area contributed by atoms with E-state index in [0.717, 1.165) is 22.6 Å². The molecule has 17 heavy (non-hydrogen) atoms. The average molecular weight is 298 g/mol. The first-order valence-electron chi connectivity index (χ1n) is 6.24. The number of piperidine rings is 1. The molecule has 1 N–H and O–H groups in total. The van der Waals surface area contributed by atoms with Crippen molar-refractivity contribution in [1.82, 2.24) is 15.2 Å². The van der Waals surface area contributed by atoms with Crippen LogP contribution in [0, 0.1) is 5.92 Å². The Bertz CT molecular complexity index is 333. The van der Waals surface area contributed by atoms with Gasteiger partial charge in [0, 0.05) is 23.8 Å². The van der Waals surface area contributed by atoms with Crippen LogP contribution < -0.4 is 5.32 Å². The summed E-state index contributed by atoms with van der Waals surface area (Å²) in [5.41, 5.74) is 1.14. The van der Waals surface area contributed by atoms with E-state index in [1.165, 1.54) is 32.5 Å². The van der Waals surface area contributed by atoms with E-state index in [1.807, 2.05) is 6.20 Å². The summed E-state index contributed by atoms with van der Waals surface area (Å²) >= 11 is 3.41. The summed E-state index contributed by atoms with van der Waals surface area (Å²) < 4.78 is 1.04. The van der Waals surface area contributed by atoms with Gasteiger partial charge in [-0.25, -0.2) is 0 Å². The van der Waals surface area contributed by atoms with Crippen LogP contribution in [0.25, 0.3) is 0 Å². The van der Waals surface area contributed by atoms with Crippen LogP contribution in [-0.4, -0.2) is 36.6 Å². The molecule has 1 aliphatic heterocycles. The van der Waals surface area contributed by atoms with Gasteiger partial charge in [-0.3, -0.25) is 4.98 Å². The van der Waals surface area contributed by atoms with Gasteiger partial charge in [0.1, 0.15) is 0 Å². The minimum absolute atomic E-state index is 0.844. The molecule has 0 saturated carbocycles. The Hall–Kier alpha value is -0.450. The molecule has 1 saturated heterocycles. The summed E-state index contributed by atoms with van der Waals surface area (Å²) in [5.74, 6) is 0.844. The highest BCUT2D eigenvalue weighted by atomic mass is 79.9. The zero-order chi connectivity index (χ0) is 12.1. The van der Waals surface area contributed by atoms with E-state index in [9.17, 15) is 0 Å². The number of nitrogens with zero attached hydrogens (tertiary/aromatic N) is 2. The summed E-state index contributed by atoms with van der Waals surface area (Å²) in [6.45, 7) is 4.47. The minimum atomic E-state index is 0.844. The van der Waals surface area contributed by atoms with Gasteiger partial charge < -0.3 is 10.2 Å². The van der Waals surface area contributed by atoms with Crippen molar-refractivity contribution in [1.29, 1.82) is 0 Å². The highest BCUT2D eigenvalue weighted by molar-refractivity contribution is 9.10. The van der Waals surface area contributed by atoms with Crippen molar-refractivity contribution in [2.75, 3.05) is 26.7 Å². The SMILES string of the molecule is CN(Cc1ccc(Br)cn1)CC1CCNCC1. The normalized spacial score (nSPS) is 17.6. The van der Waals surface area contributed by atoms with Gasteiger partial charge in [-0.15, -0.1) is 0 Å². The third-order valence-electron chi connectivity index (χ3n) is 3.25. The van der Waals surface area contributed by atoms with Crippen LogP contribution in [0.1, 0.15) is 18.5 Å². The average Bonchev–Trinajstić information content (AvgIpc) is 2.33. The van der Waals surface area contributed by atoms with Gasteiger partial charge in [0.25, 0.3) is 0 Å². The van der Waals surface area contributed by atoms with Gasteiger partial charge in [0.15, 0.2) is 0 Å². The lowest BCUT2D eigenvalue weighted by Gasteiger charge is -2.27. The first-order valence-corrected chi connectivity index (χ1v) is 7.03. The van der Waals surface area contributed by atoms with Crippen molar-refractivity contribution in [3.8, 4) is 0 Å². The third-order valence-corrected chi connectivity index (χ3v) is 3.72. The molecular formula is C13H20BrN3. The maximum Gasteiger partial charge on any atom is 0.0544 e. The van der Waals surface area contributed by atoms with Crippen molar-refractivity contribution in [2.45, 2.75) is 19.4 Å². The molecule has 2 rings (SSSR count). The second-order valence-corrected chi connectivity index (χ2v) is 5.77. The van der Waals surface area contributed by atoms with E-state index in [1.54, 1.807) is 0 Å². The molecule has 0 unspecified atom stereocenters. The molecule has 2 heterocycles. The zero-order valence-corrected chi connectivity index (χ0v) is 11.9. The Morgan fingerprint density at radius 2 is 2.18 bits per heavy atom. The molecule has 3 nitrogen and oxygen atoms in total. The molecule has 0 bridgehead atoms. The number of pyridine rings is 1. The number of nitrogens with one attached hydrogen (secondary N) is 1. The van der Waals surface area contributed by atoms with E-state index in [0.29, 0.717) is 0 Å². The zero-order valence-electron chi connectivity index (χ0n) is 10.3. The van der Waals surface area contributed by atoms with Crippen molar-refractivity contribution in [3.05, 3.63) is 28.5 Å². The van der Waals surface area contributed by atoms with Crippen LogP contribution in [-0.2, 0) is 6.54 Å². The summed E-state index contributed by atoms with van der Waals surface area (Å²) in [4.78, 5) is 6.79. The number of aromatic nitrogens is 1. The van der Waals surface area contributed by atoms with Crippen LogP contribution >= 0.6 is 15.9 Å². The van der Waals surface area contributed by atoms with E-state index < -0.39 is 0 Å². The van der Waals surface area contributed by atoms with Crippen LogP contribution in [0.15, 0.2) is 22.8 Å². The fourth-order valence-corrected chi connectivity index (χ4v) is 2.58. The van der Waals surface area contributed by atoms with Crippen molar-refractivity contribution < 1.29 is 0 Å². The van der Waals surface area contributed by atoms with Crippen LogP contribution in [0.5, 0.6) is 0 Å². The lowest BCUT2D eigenvalue weighted by atomic mass is 9.98. The molecule has 1 aliphatic rings. The van der Waals surface area contributed by atoms with E-state index in [4.69, 9.17) is 0 Å². The lowest BCUT2D eigenvalue weighted by Crippen LogP contribution is -2.34. The fraction of sp³-hybridized carbons (Fsp3) is 0.615. The second-order valence-electron chi connectivity index (χ2n) is 4.86. The number of halogens is 1. The molecule has 0 radical (unpaired) electrons. The molecule has 1 aromatic rings. The Balaban J connectivity index is 1.79. The summed E-state index contributed by atoms with van der Waals surface area (Å²) in [7, 11) is 2.19. The predicted molar refractivity (Wildman–Crippen MR) is 73.9 cm³/mol. The van der Waals surface area contributed by atoms with Crippen molar-refractivity contribution in [3.63, 3.8) is 0 Å². The highest BCUT2D eigenvalue weighted by Crippen LogP contribution is 2.14. The van der Waals surface area contributed by atoms with Crippen LogP contribution in [0.3, 0.4) is 0 Å². The van der Waals surface area contributed by atoms with Gasteiger partial charge in [-0.2, -0.15) is 0 Å². The number of hydrogen-bond acceptors (Lipinski definition) is 3. The topological polar surface area (TPSA) is 28.2 Å². The van der Waals surface area contributed by atoms with Gasteiger partial charge in [0.05, 0.1) is 5.69 Å². The molecular weight excluding hydrogens is 278 g/mol. The summed E-state index contributed by atoms with van der Waals surface area (Å²) in [6, 6.07) is 4.14. The van der Waals surface area contributed by atoms with Crippen LogP contribution in [0.4, 0.5) is 0 Å². The molecule has 0 aromatic carbocycles. The fourth-order valence-electron chi connectivity index (χ4n) is 2.35. The Kier molecular flexibility index (Phi) is 4.95. The summed E-state index contributed by atoms with van der Waals surface area (Å²) in [6.07, 6.45) is 4.48. The predicted octanol–water partition coefficient (Wildman–Crippen LogP) is 2.28. The van der Waals surface area contributed by atoms with E-state index >= 15 is 0 Å². The smallest absolute Gasteiger partial charge is 0.0544 e. The van der Waals surface area contributed by atoms with Gasteiger partial charge in [-0.1, -0.05) is 0 Å². The molecule has 0 aliphatic carbocycles. The molecule has 94 valence electrons. The first-order chi connectivity index (χ1) is 8.24. The molecule has 4 heteroatoms. The summed E-state index contributed by atoms with van der Waals surface area (Å²) in [5, 5.41) is 3.41. The largest absolute Gasteiger partial charge is 0.317 e. The van der Waals surface area contributed by atoms with Gasteiger partial charge in [-0.05, 0) is 67.0 Å². The molecule has 1 aromatic heterocycles. The maximum absolute atomic E-state index is 4.41.